The standard InChI is InChI=1S/C15H24N2O3/c1-3-10-20-12-15(18)17(9-5-8-16)13-6-4-7-14(11-13)19-2/h4,6-7,11H,3,5,8-10,12,16H2,1-2H3. The number of benzene rings is 1. The number of hydrogen-bond acceptors (Lipinski definition) is 4. The monoisotopic (exact) mass is 280 g/mol. The summed E-state index contributed by atoms with van der Waals surface area (Å²) in [7, 11) is 1.61. The molecule has 1 rings (SSSR count). The van der Waals surface area contributed by atoms with Crippen LogP contribution in [0.5, 0.6) is 5.75 Å². The maximum Gasteiger partial charge on any atom is 0.252 e. The third-order valence-electron chi connectivity index (χ3n) is 2.83. The fourth-order valence-corrected chi connectivity index (χ4v) is 1.81. The lowest BCUT2D eigenvalue weighted by Crippen LogP contribution is -2.35. The molecule has 1 amide bonds. The first-order valence-electron chi connectivity index (χ1n) is 6.95. The first-order chi connectivity index (χ1) is 9.72. The molecule has 0 bridgehead atoms. The topological polar surface area (TPSA) is 64.8 Å². The quantitative estimate of drug-likeness (QED) is 0.701. The molecule has 0 heterocycles. The average molecular weight is 280 g/mol. The molecule has 2 N–H and O–H groups in total. The van der Waals surface area contributed by atoms with E-state index < -0.39 is 0 Å². The van der Waals surface area contributed by atoms with Crippen LogP contribution in [0, 0.1) is 0 Å². The molecule has 0 unspecified atom stereocenters. The van der Waals surface area contributed by atoms with Crippen LogP contribution in [0.1, 0.15) is 19.8 Å². The van der Waals surface area contributed by atoms with Crippen molar-refractivity contribution in [2.75, 3.05) is 38.3 Å². The van der Waals surface area contributed by atoms with Crippen molar-refractivity contribution in [3.05, 3.63) is 24.3 Å². The van der Waals surface area contributed by atoms with Gasteiger partial charge >= 0.3 is 0 Å². The molecule has 0 fully saturated rings. The lowest BCUT2D eigenvalue weighted by atomic mass is 10.2. The van der Waals surface area contributed by atoms with E-state index in [1.807, 2.05) is 31.2 Å². The van der Waals surface area contributed by atoms with Gasteiger partial charge in [0.05, 0.1) is 7.11 Å². The van der Waals surface area contributed by atoms with Gasteiger partial charge in [0.2, 0.25) is 0 Å². The highest BCUT2D eigenvalue weighted by Gasteiger charge is 2.15. The first-order valence-corrected chi connectivity index (χ1v) is 6.95. The second-order valence-corrected chi connectivity index (χ2v) is 4.44. The Morgan fingerprint density at radius 1 is 1.40 bits per heavy atom. The summed E-state index contributed by atoms with van der Waals surface area (Å²) < 4.78 is 10.5. The van der Waals surface area contributed by atoms with Crippen LogP contribution in [0.25, 0.3) is 0 Å². The number of carbonyl (C=O) groups is 1. The van der Waals surface area contributed by atoms with Crippen LogP contribution in [-0.2, 0) is 9.53 Å². The zero-order valence-electron chi connectivity index (χ0n) is 12.3. The van der Waals surface area contributed by atoms with E-state index in [0.29, 0.717) is 19.7 Å². The molecule has 5 heteroatoms. The third-order valence-corrected chi connectivity index (χ3v) is 2.83. The number of rotatable bonds is 9. The summed E-state index contributed by atoms with van der Waals surface area (Å²) in [6, 6.07) is 7.44. The predicted molar refractivity (Wildman–Crippen MR) is 80.1 cm³/mol. The highest BCUT2D eigenvalue weighted by molar-refractivity contribution is 5.94. The van der Waals surface area contributed by atoms with Crippen molar-refractivity contribution in [2.45, 2.75) is 19.8 Å². The van der Waals surface area contributed by atoms with Gasteiger partial charge in [0.15, 0.2) is 0 Å². The van der Waals surface area contributed by atoms with E-state index in [-0.39, 0.29) is 12.5 Å². The number of hydrogen-bond donors (Lipinski definition) is 1. The Hall–Kier alpha value is -1.59. The highest BCUT2D eigenvalue weighted by atomic mass is 16.5. The molecule has 0 aliphatic heterocycles. The van der Waals surface area contributed by atoms with E-state index in [1.165, 1.54) is 0 Å². The Morgan fingerprint density at radius 3 is 2.85 bits per heavy atom. The zero-order chi connectivity index (χ0) is 14.8. The summed E-state index contributed by atoms with van der Waals surface area (Å²) in [6.07, 6.45) is 1.64. The minimum atomic E-state index is -0.0554. The number of amides is 1. The van der Waals surface area contributed by atoms with Gasteiger partial charge in [0, 0.05) is 24.9 Å². The summed E-state index contributed by atoms with van der Waals surface area (Å²) in [5.41, 5.74) is 6.35. The second-order valence-electron chi connectivity index (χ2n) is 4.44. The molecule has 0 aliphatic carbocycles. The molecule has 20 heavy (non-hydrogen) atoms. The van der Waals surface area contributed by atoms with Crippen molar-refractivity contribution in [1.82, 2.24) is 0 Å². The van der Waals surface area contributed by atoms with Gasteiger partial charge in [-0.05, 0) is 31.5 Å². The summed E-state index contributed by atoms with van der Waals surface area (Å²) in [5.74, 6) is 0.669. The molecule has 1 aromatic rings. The molecule has 112 valence electrons. The fraction of sp³-hybridized carbons (Fsp3) is 0.533. The molecule has 0 saturated carbocycles. The molecular formula is C15H24N2O3. The van der Waals surface area contributed by atoms with E-state index in [0.717, 1.165) is 24.3 Å². The maximum atomic E-state index is 12.2. The second kappa shape index (κ2) is 9.34. The molecule has 0 atom stereocenters. The van der Waals surface area contributed by atoms with Crippen LogP contribution in [0.4, 0.5) is 5.69 Å². The van der Waals surface area contributed by atoms with Crippen molar-refractivity contribution in [3.8, 4) is 5.75 Å². The Balaban J connectivity index is 2.78. The van der Waals surface area contributed by atoms with E-state index in [2.05, 4.69) is 0 Å². The number of nitrogens with zero attached hydrogens (tertiary/aromatic N) is 1. The van der Waals surface area contributed by atoms with Gasteiger partial charge in [-0.2, -0.15) is 0 Å². The normalized spacial score (nSPS) is 10.3. The number of anilines is 1. The van der Waals surface area contributed by atoms with Crippen LogP contribution in [0.3, 0.4) is 0 Å². The van der Waals surface area contributed by atoms with Gasteiger partial charge in [0.1, 0.15) is 12.4 Å². The smallest absolute Gasteiger partial charge is 0.252 e. The van der Waals surface area contributed by atoms with E-state index >= 15 is 0 Å². The molecule has 1 aromatic carbocycles. The van der Waals surface area contributed by atoms with Crippen LogP contribution in [0.15, 0.2) is 24.3 Å². The van der Waals surface area contributed by atoms with Gasteiger partial charge < -0.3 is 20.1 Å². The van der Waals surface area contributed by atoms with E-state index in [1.54, 1.807) is 12.0 Å². The highest BCUT2D eigenvalue weighted by Crippen LogP contribution is 2.21. The molecular weight excluding hydrogens is 256 g/mol. The fourth-order valence-electron chi connectivity index (χ4n) is 1.81. The number of ether oxygens (including phenoxy) is 2. The lowest BCUT2D eigenvalue weighted by Gasteiger charge is -2.23. The third kappa shape index (κ3) is 5.19. The Kier molecular flexibility index (Phi) is 7.69. The van der Waals surface area contributed by atoms with Crippen molar-refractivity contribution in [2.24, 2.45) is 5.73 Å². The minimum absolute atomic E-state index is 0.0554. The number of nitrogens with two attached hydrogens (primary N) is 1. The Morgan fingerprint density at radius 2 is 2.20 bits per heavy atom. The predicted octanol–water partition coefficient (Wildman–Crippen LogP) is 1.80. The van der Waals surface area contributed by atoms with Crippen molar-refractivity contribution in [1.29, 1.82) is 0 Å². The van der Waals surface area contributed by atoms with Gasteiger partial charge in [0.25, 0.3) is 5.91 Å². The van der Waals surface area contributed by atoms with Crippen LogP contribution < -0.4 is 15.4 Å². The molecule has 5 nitrogen and oxygen atoms in total. The molecule has 0 radical (unpaired) electrons. The Labute approximate surface area is 120 Å². The van der Waals surface area contributed by atoms with Gasteiger partial charge in [-0.25, -0.2) is 0 Å². The van der Waals surface area contributed by atoms with E-state index in [4.69, 9.17) is 15.2 Å². The van der Waals surface area contributed by atoms with Gasteiger partial charge in [-0.15, -0.1) is 0 Å². The van der Waals surface area contributed by atoms with E-state index in [9.17, 15) is 4.79 Å². The first kappa shape index (κ1) is 16.5. The van der Waals surface area contributed by atoms with Gasteiger partial charge in [-0.1, -0.05) is 13.0 Å². The summed E-state index contributed by atoms with van der Waals surface area (Å²) >= 11 is 0. The van der Waals surface area contributed by atoms with Crippen LogP contribution in [-0.4, -0.2) is 39.3 Å². The lowest BCUT2D eigenvalue weighted by molar-refractivity contribution is -0.123. The molecule has 0 saturated heterocycles. The maximum absolute atomic E-state index is 12.2. The minimum Gasteiger partial charge on any atom is -0.497 e. The van der Waals surface area contributed by atoms with Crippen molar-refractivity contribution >= 4 is 11.6 Å². The van der Waals surface area contributed by atoms with Crippen LogP contribution >= 0.6 is 0 Å². The Bertz CT molecular complexity index is 410. The van der Waals surface area contributed by atoms with Crippen LogP contribution in [0.2, 0.25) is 0 Å². The summed E-state index contributed by atoms with van der Waals surface area (Å²) in [6.45, 7) is 3.82. The summed E-state index contributed by atoms with van der Waals surface area (Å²) in [4.78, 5) is 13.9. The van der Waals surface area contributed by atoms with Gasteiger partial charge in [-0.3, -0.25) is 4.79 Å². The summed E-state index contributed by atoms with van der Waals surface area (Å²) in [5, 5.41) is 0. The zero-order valence-corrected chi connectivity index (χ0v) is 12.3. The SMILES string of the molecule is CCCOCC(=O)N(CCCN)c1cccc(OC)c1. The molecule has 0 aliphatic rings. The molecule has 0 spiro atoms. The number of methoxy groups -OCH3 is 1. The number of carbonyl (C=O) groups excluding carboxylic acids is 1. The van der Waals surface area contributed by atoms with Crippen molar-refractivity contribution < 1.29 is 14.3 Å². The molecule has 0 aromatic heterocycles. The average Bonchev–Trinajstić information content (AvgIpc) is 2.48. The largest absolute Gasteiger partial charge is 0.497 e. The van der Waals surface area contributed by atoms with Crippen molar-refractivity contribution in [3.63, 3.8) is 0 Å².